The van der Waals surface area contributed by atoms with E-state index in [0.717, 1.165) is 23.4 Å². The summed E-state index contributed by atoms with van der Waals surface area (Å²) < 4.78 is 16.9. The number of hydrogen-bond donors (Lipinski definition) is 0. The number of halogens is 1. The van der Waals surface area contributed by atoms with Gasteiger partial charge in [0.05, 0.1) is 17.4 Å². The summed E-state index contributed by atoms with van der Waals surface area (Å²) in [5, 5.41) is 9.19. The average Bonchev–Trinajstić information content (AvgIpc) is 3.09. The lowest BCUT2D eigenvalue weighted by Crippen LogP contribution is -2.25. The van der Waals surface area contributed by atoms with Crippen LogP contribution in [-0.4, -0.2) is 30.6 Å². The maximum absolute atomic E-state index is 13.5. The van der Waals surface area contributed by atoms with Gasteiger partial charge in [0, 0.05) is 13.6 Å². The van der Waals surface area contributed by atoms with Crippen molar-refractivity contribution in [2.45, 2.75) is 20.0 Å². The first-order valence-corrected chi connectivity index (χ1v) is 8.87. The Morgan fingerprint density at radius 1 is 1.07 bits per heavy atom. The Hall–Kier alpha value is -3.06. The van der Waals surface area contributed by atoms with E-state index >= 15 is 0 Å². The van der Waals surface area contributed by atoms with Crippen LogP contribution in [0.25, 0.3) is 16.7 Å². The molecule has 0 amide bonds. The first-order chi connectivity index (χ1) is 13.1. The topological polar surface area (TPSA) is 55.4 Å². The van der Waals surface area contributed by atoms with Crippen LogP contribution in [-0.2, 0) is 20.1 Å². The molecule has 0 unspecified atom stereocenters. The molecule has 0 bridgehead atoms. The van der Waals surface area contributed by atoms with Crippen molar-refractivity contribution in [3.05, 3.63) is 76.1 Å². The van der Waals surface area contributed by atoms with Crippen molar-refractivity contribution in [1.29, 1.82) is 0 Å². The van der Waals surface area contributed by atoms with Crippen molar-refractivity contribution in [2.24, 2.45) is 7.05 Å². The fourth-order valence-corrected chi connectivity index (χ4v) is 3.37. The average molecular weight is 365 g/mol. The highest BCUT2D eigenvalue weighted by molar-refractivity contribution is 5.80. The van der Waals surface area contributed by atoms with Gasteiger partial charge in [-0.3, -0.25) is 18.7 Å². The minimum absolute atomic E-state index is 0.0934. The Kier molecular flexibility index (Phi) is 4.45. The summed E-state index contributed by atoms with van der Waals surface area (Å²) in [7, 11) is 1.70. The molecule has 0 aliphatic rings. The van der Waals surface area contributed by atoms with Crippen LogP contribution in [0.4, 0.5) is 4.39 Å². The second-order valence-corrected chi connectivity index (χ2v) is 6.57. The predicted octanol–water partition coefficient (Wildman–Crippen LogP) is 2.74. The van der Waals surface area contributed by atoms with E-state index in [2.05, 4.69) is 22.0 Å². The largest absolute Gasteiger partial charge is 0.292 e. The van der Waals surface area contributed by atoms with Crippen LogP contribution in [0.3, 0.4) is 0 Å². The van der Waals surface area contributed by atoms with Gasteiger partial charge in [0.25, 0.3) is 5.56 Å². The first-order valence-electron chi connectivity index (χ1n) is 8.87. The van der Waals surface area contributed by atoms with Crippen molar-refractivity contribution < 1.29 is 4.39 Å². The molecule has 0 atom stereocenters. The van der Waals surface area contributed by atoms with E-state index in [9.17, 15) is 9.18 Å². The van der Waals surface area contributed by atoms with Gasteiger partial charge in [-0.25, -0.2) is 4.39 Å². The van der Waals surface area contributed by atoms with Gasteiger partial charge in [0.2, 0.25) is 5.78 Å². The van der Waals surface area contributed by atoms with Gasteiger partial charge in [-0.05, 0) is 36.4 Å². The molecule has 0 aliphatic heterocycles. The standard InChI is InChI=1S/C20H20FN5O/c1-3-25(12-14-7-6-8-15(21)11-14)13-18-22-23-20-24(2)19(27)16-9-4-5-10-17(16)26(18)20/h4-11H,3,12-13H2,1-2H3. The number of hydrogen-bond acceptors (Lipinski definition) is 4. The Balaban J connectivity index is 1.76. The van der Waals surface area contributed by atoms with Crippen LogP contribution >= 0.6 is 0 Å². The maximum Gasteiger partial charge on any atom is 0.262 e. The second-order valence-electron chi connectivity index (χ2n) is 6.57. The molecule has 27 heavy (non-hydrogen) atoms. The smallest absolute Gasteiger partial charge is 0.262 e. The quantitative estimate of drug-likeness (QED) is 0.546. The lowest BCUT2D eigenvalue weighted by atomic mass is 10.2. The van der Waals surface area contributed by atoms with E-state index in [1.165, 1.54) is 10.6 Å². The fraction of sp³-hybridized carbons (Fsp3) is 0.250. The molecular formula is C20H20FN5O. The summed E-state index contributed by atoms with van der Waals surface area (Å²) in [6.45, 7) is 3.97. The molecule has 4 aromatic rings. The molecule has 6 nitrogen and oxygen atoms in total. The molecule has 2 heterocycles. The van der Waals surface area contributed by atoms with Crippen molar-refractivity contribution in [3.63, 3.8) is 0 Å². The number of nitrogens with zero attached hydrogens (tertiary/aromatic N) is 5. The zero-order chi connectivity index (χ0) is 19.0. The lowest BCUT2D eigenvalue weighted by Gasteiger charge is -2.20. The highest BCUT2D eigenvalue weighted by Crippen LogP contribution is 2.16. The van der Waals surface area contributed by atoms with E-state index < -0.39 is 0 Å². The molecule has 0 fully saturated rings. The van der Waals surface area contributed by atoms with Gasteiger partial charge in [-0.1, -0.05) is 31.2 Å². The number of para-hydroxylation sites is 1. The molecule has 2 aromatic carbocycles. The van der Waals surface area contributed by atoms with E-state index in [1.807, 2.05) is 34.7 Å². The molecule has 0 saturated carbocycles. The Labute approximate surface area is 155 Å². The number of benzene rings is 2. The molecule has 0 radical (unpaired) electrons. The predicted molar refractivity (Wildman–Crippen MR) is 102 cm³/mol. The number of fused-ring (bicyclic) bond motifs is 3. The van der Waals surface area contributed by atoms with E-state index in [4.69, 9.17) is 0 Å². The number of aryl methyl sites for hydroxylation is 1. The van der Waals surface area contributed by atoms with Crippen molar-refractivity contribution >= 4 is 16.7 Å². The van der Waals surface area contributed by atoms with E-state index in [1.54, 1.807) is 19.2 Å². The molecular weight excluding hydrogens is 345 g/mol. The monoisotopic (exact) mass is 365 g/mol. The highest BCUT2D eigenvalue weighted by Gasteiger charge is 2.16. The second kappa shape index (κ2) is 6.92. The Bertz CT molecular complexity index is 1180. The molecule has 4 rings (SSSR count). The molecule has 2 aromatic heterocycles. The van der Waals surface area contributed by atoms with E-state index in [-0.39, 0.29) is 11.4 Å². The summed E-state index contributed by atoms with van der Waals surface area (Å²) in [5.74, 6) is 1.02. The Morgan fingerprint density at radius 2 is 1.89 bits per heavy atom. The van der Waals surface area contributed by atoms with Crippen LogP contribution in [0.1, 0.15) is 18.3 Å². The molecule has 0 spiro atoms. The first kappa shape index (κ1) is 17.4. The molecule has 0 saturated heterocycles. The van der Waals surface area contributed by atoms with Crippen LogP contribution in [0, 0.1) is 5.82 Å². The van der Waals surface area contributed by atoms with Crippen molar-refractivity contribution in [1.82, 2.24) is 24.1 Å². The third-order valence-electron chi connectivity index (χ3n) is 4.80. The minimum Gasteiger partial charge on any atom is -0.292 e. The summed E-state index contributed by atoms with van der Waals surface area (Å²) >= 11 is 0. The summed E-state index contributed by atoms with van der Waals surface area (Å²) in [6.07, 6.45) is 0. The van der Waals surface area contributed by atoms with Crippen LogP contribution in [0.5, 0.6) is 0 Å². The summed E-state index contributed by atoms with van der Waals surface area (Å²) in [5.41, 5.74) is 1.60. The molecule has 138 valence electrons. The van der Waals surface area contributed by atoms with Crippen LogP contribution in [0.2, 0.25) is 0 Å². The van der Waals surface area contributed by atoms with E-state index in [0.29, 0.717) is 24.3 Å². The lowest BCUT2D eigenvalue weighted by molar-refractivity contribution is 0.263. The van der Waals surface area contributed by atoms with Gasteiger partial charge < -0.3 is 0 Å². The van der Waals surface area contributed by atoms with Gasteiger partial charge in [-0.15, -0.1) is 10.2 Å². The Morgan fingerprint density at radius 3 is 2.67 bits per heavy atom. The summed E-state index contributed by atoms with van der Waals surface area (Å²) in [6, 6.07) is 14.1. The highest BCUT2D eigenvalue weighted by atomic mass is 19.1. The van der Waals surface area contributed by atoms with Crippen LogP contribution in [0.15, 0.2) is 53.3 Å². The van der Waals surface area contributed by atoms with Gasteiger partial charge in [0.1, 0.15) is 5.82 Å². The third-order valence-corrected chi connectivity index (χ3v) is 4.80. The summed E-state index contributed by atoms with van der Waals surface area (Å²) in [4.78, 5) is 14.7. The minimum atomic E-state index is -0.238. The third kappa shape index (κ3) is 3.10. The number of rotatable bonds is 5. The number of aromatic nitrogens is 4. The molecule has 7 heteroatoms. The zero-order valence-corrected chi connectivity index (χ0v) is 15.3. The molecule has 0 aliphatic carbocycles. The van der Waals surface area contributed by atoms with Gasteiger partial charge >= 0.3 is 0 Å². The SMILES string of the molecule is CCN(Cc1cccc(F)c1)Cc1nnc2n(C)c(=O)c3ccccc3n12. The zero-order valence-electron chi connectivity index (χ0n) is 15.3. The van der Waals surface area contributed by atoms with Gasteiger partial charge in [0.15, 0.2) is 5.82 Å². The normalized spacial score (nSPS) is 11.7. The molecule has 0 N–H and O–H groups in total. The van der Waals surface area contributed by atoms with Gasteiger partial charge in [-0.2, -0.15) is 0 Å². The van der Waals surface area contributed by atoms with Crippen molar-refractivity contribution in [3.8, 4) is 0 Å². The maximum atomic E-state index is 13.5. The van der Waals surface area contributed by atoms with Crippen molar-refractivity contribution in [2.75, 3.05) is 6.54 Å². The van der Waals surface area contributed by atoms with Crippen LogP contribution < -0.4 is 5.56 Å². The fourth-order valence-electron chi connectivity index (χ4n) is 3.37.